The molecule has 0 amide bonds. The summed E-state index contributed by atoms with van der Waals surface area (Å²) in [6.07, 6.45) is 2.25. The fraction of sp³-hybridized carbons (Fsp3) is 0.900. The molecule has 2 aliphatic rings. The minimum absolute atomic E-state index is 0.249. The Balaban J connectivity index is 1.87. The molecule has 0 saturated carbocycles. The Morgan fingerprint density at radius 1 is 1.14 bits per heavy atom. The van der Waals surface area contributed by atoms with Crippen molar-refractivity contribution in [3.8, 4) is 6.07 Å². The van der Waals surface area contributed by atoms with Crippen LogP contribution >= 0.6 is 0 Å². The van der Waals surface area contributed by atoms with Crippen LogP contribution in [-0.2, 0) is 0 Å². The van der Waals surface area contributed by atoms with E-state index in [1.54, 1.807) is 0 Å². The second kappa shape index (κ2) is 4.74. The molecule has 0 aromatic rings. The molecule has 2 rings (SSSR count). The van der Waals surface area contributed by atoms with Crippen LogP contribution in [0.4, 0.5) is 0 Å². The van der Waals surface area contributed by atoms with E-state index in [1.165, 1.54) is 6.42 Å². The number of nitrogens with zero attached hydrogens (tertiary/aromatic N) is 3. The minimum atomic E-state index is 0.249. The average Bonchev–Trinajstić information content (AvgIpc) is 2.30. The number of hydrogen-bond acceptors (Lipinski definition) is 4. The van der Waals surface area contributed by atoms with Gasteiger partial charge in [-0.3, -0.25) is 0 Å². The summed E-state index contributed by atoms with van der Waals surface area (Å²) in [7, 11) is 0. The zero-order valence-corrected chi connectivity index (χ0v) is 8.58. The van der Waals surface area contributed by atoms with E-state index in [-0.39, 0.29) is 5.92 Å². The standard InChI is InChI=1S/C10H18N4/c11-8-10-2-1-5-14(9-10)13-6-3-12-4-7-13/h10,12H,1-7,9H2. The second-order valence-corrected chi connectivity index (χ2v) is 4.08. The first-order valence-electron chi connectivity index (χ1n) is 5.50. The van der Waals surface area contributed by atoms with Crippen molar-refractivity contribution >= 4 is 0 Å². The van der Waals surface area contributed by atoms with Crippen LogP contribution in [0.15, 0.2) is 0 Å². The number of nitriles is 1. The molecule has 0 bridgehead atoms. The van der Waals surface area contributed by atoms with Crippen molar-refractivity contribution in [2.45, 2.75) is 12.8 Å². The monoisotopic (exact) mass is 194 g/mol. The predicted octanol–water partition coefficient (Wildman–Crippen LogP) is 0.0422. The highest BCUT2D eigenvalue weighted by atomic mass is 15.6. The van der Waals surface area contributed by atoms with Crippen LogP contribution in [0.3, 0.4) is 0 Å². The van der Waals surface area contributed by atoms with Crippen molar-refractivity contribution in [1.29, 1.82) is 5.26 Å². The molecule has 2 heterocycles. The third-order valence-corrected chi connectivity index (χ3v) is 3.08. The van der Waals surface area contributed by atoms with Crippen LogP contribution in [0.5, 0.6) is 0 Å². The quantitative estimate of drug-likeness (QED) is 0.640. The zero-order valence-electron chi connectivity index (χ0n) is 8.58. The number of hydrogen-bond donors (Lipinski definition) is 1. The number of nitrogens with one attached hydrogen (secondary N) is 1. The summed E-state index contributed by atoms with van der Waals surface area (Å²) in [6.45, 7) is 6.42. The molecule has 78 valence electrons. The molecule has 0 radical (unpaired) electrons. The fourth-order valence-electron chi connectivity index (χ4n) is 2.26. The minimum Gasteiger partial charge on any atom is -0.314 e. The van der Waals surface area contributed by atoms with Gasteiger partial charge in [0.05, 0.1) is 12.0 Å². The number of hydrazine groups is 1. The van der Waals surface area contributed by atoms with E-state index in [1.807, 2.05) is 0 Å². The fourth-order valence-corrected chi connectivity index (χ4v) is 2.26. The average molecular weight is 194 g/mol. The van der Waals surface area contributed by atoms with Gasteiger partial charge in [0.1, 0.15) is 0 Å². The van der Waals surface area contributed by atoms with Gasteiger partial charge >= 0.3 is 0 Å². The third kappa shape index (κ3) is 2.24. The van der Waals surface area contributed by atoms with Gasteiger partial charge in [-0.05, 0) is 12.8 Å². The second-order valence-electron chi connectivity index (χ2n) is 4.08. The van der Waals surface area contributed by atoms with E-state index in [0.717, 1.165) is 45.7 Å². The summed E-state index contributed by atoms with van der Waals surface area (Å²) in [5.41, 5.74) is 0. The van der Waals surface area contributed by atoms with Gasteiger partial charge in [-0.1, -0.05) is 0 Å². The Kier molecular flexibility index (Phi) is 3.35. The number of piperazine rings is 1. The van der Waals surface area contributed by atoms with Gasteiger partial charge in [-0.15, -0.1) is 0 Å². The van der Waals surface area contributed by atoms with Crippen LogP contribution in [0.1, 0.15) is 12.8 Å². The molecule has 1 atom stereocenters. The summed E-state index contributed by atoms with van der Waals surface area (Å²) in [5, 5.41) is 17.0. The lowest BCUT2D eigenvalue weighted by molar-refractivity contribution is -0.0554. The lowest BCUT2D eigenvalue weighted by Crippen LogP contribution is -2.55. The first-order chi connectivity index (χ1) is 6.90. The van der Waals surface area contributed by atoms with E-state index in [2.05, 4.69) is 21.4 Å². The molecule has 2 fully saturated rings. The maximum absolute atomic E-state index is 8.90. The van der Waals surface area contributed by atoms with Gasteiger partial charge in [0.2, 0.25) is 0 Å². The molecule has 14 heavy (non-hydrogen) atoms. The van der Waals surface area contributed by atoms with Crippen LogP contribution < -0.4 is 5.32 Å². The van der Waals surface area contributed by atoms with E-state index in [0.29, 0.717) is 0 Å². The molecule has 1 N–H and O–H groups in total. The highest BCUT2D eigenvalue weighted by Gasteiger charge is 2.24. The summed E-state index contributed by atoms with van der Waals surface area (Å²) in [4.78, 5) is 0. The largest absolute Gasteiger partial charge is 0.314 e. The lowest BCUT2D eigenvalue weighted by atomic mass is 10.0. The molecular weight excluding hydrogens is 176 g/mol. The third-order valence-electron chi connectivity index (χ3n) is 3.08. The molecule has 0 aromatic carbocycles. The summed E-state index contributed by atoms with van der Waals surface area (Å²) >= 11 is 0. The zero-order chi connectivity index (χ0) is 9.80. The molecule has 0 aromatic heterocycles. The Morgan fingerprint density at radius 3 is 2.64 bits per heavy atom. The van der Waals surface area contributed by atoms with Gasteiger partial charge in [0, 0.05) is 39.3 Å². The van der Waals surface area contributed by atoms with Crippen LogP contribution in [0.25, 0.3) is 0 Å². The molecule has 0 spiro atoms. The van der Waals surface area contributed by atoms with Crippen LogP contribution in [0, 0.1) is 17.2 Å². The smallest absolute Gasteiger partial charge is 0.0669 e. The number of piperidine rings is 1. The Morgan fingerprint density at radius 2 is 1.93 bits per heavy atom. The Labute approximate surface area is 85.4 Å². The Bertz CT molecular complexity index is 217. The molecule has 2 aliphatic heterocycles. The summed E-state index contributed by atoms with van der Waals surface area (Å²) < 4.78 is 0. The van der Waals surface area contributed by atoms with Gasteiger partial charge in [-0.2, -0.15) is 5.26 Å². The Hall–Kier alpha value is -0.630. The topological polar surface area (TPSA) is 42.3 Å². The molecule has 2 saturated heterocycles. The van der Waals surface area contributed by atoms with Gasteiger partial charge in [0.25, 0.3) is 0 Å². The molecule has 4 nitrogen and oxygen atoms in total. The van der Waals surface area contributed by atoms with E-state index < -0.39 is 0 Å². The first kappa shape index (κ1) is 9.91. The van der Waals surface area contributed by atoms with E-state index >= 15 is 0 Å². The van der Waals surface area contributed by atoms with E-state index in [9.17, 15) is 0 Å². The van der Waals surface area contributed by atoms with Crippen LogP contribution in [-0.4, -0.2) is 49.3 Å². The normalized spacial score (nSPS) is 31.2. The summed E-state index contributed by atoms with van der Waals surface area (Å²) in [6, 6.07) is 2.39. The van der Waals surface area contributed by atoms with Crippen molar-refractivity contribution in [3.05, 3.63) is 0 Å². The molecule has 0 aliphatic carbocycles. The first-order valence-corrected chi connectivity index (χ1v) is 5.50. The molecule has 1 unspecified atom stereocenters. The van der Waals surface area contributed by atoms with Gasteiger partial charge in [0.15, 0.2) is 0 Å². The van der Waals surface area contributed by atoms with Crippen molar-refractivity contribution in [1.82, 2.24) is 15.3 Å². The molecule has 4 heteroatoms. The van der Waals surface area contributed by atoms with Crippen molar-refractivity contribution in [3.63, 3.8) is 0 Å². The number of rotatable bonds is 1. The lowest BCUT2D eigenvalue weighted by Gasteiger charge is -2.41. The van der Waals surface area contributed by atoms with Gasteiger partial charge < -0.3 is 5.32 Å². The van der Waals surface area contributed by atoms with E-state index in [4.69, 9.17) is 5.26 Å². The molecular formula is C10H18N4. The van der Waals surface area contributed by atoms with Crippen molar-refractivity contribution in [2.75, 3.05) is 39.3 Å². The van der Waals surface area contributed by atoms with Crippen LogP contribution in [0.2, 0.25) is 0 Å². The SMILES string of the molecule is N#CC1CCCN(N2CCNCC2)C1. The van der Waals surface area contributed by atoms with Crippen molar-refractivity contribution < 1.29 is 0 Å². The maximum Gasteiger partial charge on any atom is 0.0669 e. The predicted molar refractivity (Wildman–Crippen MR) is 54.4 cm³/mol. The summed E-state index contributed by atoms with van der Waals surface area (Å²) in [5.74, 6) is 0.249. The highest BCUT2D eigenvalue weighted by Crippen LogP contribution is 2.17. The maximum atomic E-state index is 8.90. The van der Waals surface area contributed by atoms with Gasteiger partial charge in [-0.25, -0.2) is 10.0 Å². The highest BCUT2D eigenvalue weighted by molar-refractivity contribution is 4.88. The van der Waals surface area contributed by atoms with Crippen molar-refractivity contribution in [2.24, 2.45) is 5.92 Å².